The summed E-state index contributed by atoms with van der Waals surface area (Å²) in [5, 5.41) is 19.4. The minimum Gasteiger partial charge on any atom is -0.507 e. The molecule has 6 heteroatoms. The molecule has 0 fully saturated rings. The van der Waals surface area contributed by atoms with Crippen LogP contribution in [0.4, 0.5) is 0 Å². The molecule has 0 atom stereocenters. The van der Waals surface area contributed by atoms with Crippen LogP contribution in [0, 0.1) is 0 Å². The largest absolute Gasteiger partial charge is 0.507 e. The molecule has 6 nitrogen and oxygen atoms in total. The summed E-state index contributed by atoms with van der Waals surface area (Å²) >= 11 is 0. The fourth-order valence-corrected chi connectivity index (χ4v) is 1.73. The lowest BCUT2D eigenvalue weighted by atomic mass is 10.1. The van der Waals surface area contributed by atoms with E-state index in [-0.39, 0.29) is 29.5 Å². The van der Waals surface area contributed by atoms with E-state index < -0.39 is 5.91 Å². The van der Waals surface area contributed by atoms with Crippen LogP contribution in [-0.4, -0.2) is 59.0 Å². The summed E-state index contributed by atoms with van der Waals surface area (Å²) in [5.41, 5.74) is -0.174. The molecule has 110 valence electrons. The molecular formula is C14H20N2O4. The lowest BCUT2D eigenvalue weighted by molar-refractivity contribution is -0.129. The van der Waals surface area contributed by atoms with Crippen molar-refractivity contribution < 1.29 is 19.8 Å². The number of phenols is 2. The summed E-state index contributed by atoms with van der Waals surface area (Å²) in [5.74, 6) is -1.37. The van der Waals surface area contributed by atoms with E-state index in [4.69, 9.17) is 0 Å². The minimum atomic E-state index is -0.558. The molecule has 0 aliphatic heterocycles. The molecule has 1 aromatic carbocycles. The molecule has 0 unspecified atom stereocenters. The number of nitrogens with zero attached hydrogens (tertiary/aromatic N) is 2. The van der Waals surface area contributed by atoms with Gasteiger partial charge in [0.25, 0.3) is 5.91 Å². The van der Waals surface area contributed by atoms with Crippen LogP contribution in [0.15, 0.2) is 18.2 Å². The smallest absolute Gasteiger partial charge is 0.261 e. The van der Waals surface area contributed by atoms with Gasteiger partial charge in [-0.2, -0.15) is 0 Å². The summed E-state index contributed by atoms with van der Waals surface area (Å²) in [7, 11) is 3.21. The number of carbonyl (C=O) groups excluding carboxylic acids is 2. The molecule has 0 aliphatic carbocycles. The van der Waals surface area contributed by atoms with Crippen molar-refractivity contribution in [1.29, 1.82) is 0 Å². The van der Waals surface area contributed by atoms with Gasteiger partial charge in [-0.25, -0.2) is 0 Å². The molecule has 2 N–H and O–H groups in total. The van der Waals surface area contributed by atoms with E-state index in [9.17, 15) is 19.8 Å². The molecule has 1 rings (SSSR count). The third-order valence-electron chi connectivity index (χ3n) is 2.84. The molecule has 2 amide bonds. The van der Waals surface area contributed by atoms with Crippen molar-refractivity contribution in [3.63, 3.8) is 0 Å². The van der Waals surface area contributed by atoms with Gasteiger partial charge in [-0.15, -0.1) is 0 Å². The average Bonchev–Trinajstić information content (AvgIpc) is 2.37. The number of carbonyl (C=O) groups is 2. The Morgan fingerprint density at radius 3 is 2.15 bits per heavy atom. The number of benzene rings is 1. The predicted molar refractivity (Wildman–Crippen MR) is 74.7 cm³/mol. The van der Waals surface area contributed by atoms with Crippen molar-refractivity contribution in [2.45, 2.75) is 13.3 Å². The maximum atomic E-state index is 12.4. The molecule has 0 bridgehead atoms. The highest BCUT2D eigenvalue weighted by Gasteiger charge is 2.24. The van der Waals surface area contributed by atoms with E-state index in [0.29, 0.717) is 13.0 Å². The van der Waals surface area contributed by atoms with Crippen LogP contribution in [0.25, 0.3) is 0 Å². The molecule has 0 aliphatic rings. The average molecular weight is 280 g/mol. The lowest BCUT2D eigenvalue weighted by Gasteiger charge is -2.24. The molecule has 20 heavy (non-hydrogen) atoms. The Bertz CT molecular complexity index is 480. The van der Waals surface area contributed by atoms with Crippen LogP contribution >= 0.6 is 0 Å². The highest BCUT2D eigenvalue weighted by molar-refractivity contribution is 6.01. The Morgan fingerprint density at radius 1 is 1.15 bits per heavy atom. The fourth-order valence-electron chi connectivity index (χ4n) is 1.73. The van der Waals surface area contributed by atoms with Gasteiger partial charge in [0.05, 0.1) is 0 Å². The zero-order chi connectivity index (χ0) is 15.3. The minimum absolute atomic E-state index is 0.0898. The highest BCUT2D eigenvalue weighted by Crippen LogP contribution is 2.27. The summed E-state index contributed by atoms with van der Waals surface area (Å²) in [4.78, 5) is 26.8. The van der Waals surface area contributed by atoms with Crippen LogP contribution in [0.5, 0.6) is 11.5 Å². The quantitative estimate of drug-likeness (QED) is 0.844. The molecule has 0 saturated heterocycles. The van der Waals surface area contributed by atoms with Crippen molar-refractivity contribution in [2.75, 3.05) is 27.2 Å². The molecule has 1 aromatic rings. The van der Waals surface area contributed by atoms with E-state index in [1.165, 1.54) is 28.0 Å². The predicted octanol–water partition coefficient (Wildman–Crippen LogP) is 1.04. The second-order valence-corrected chi connectivity index (χ2v) is 4.69. The first-order valence-corrected chi connectivity index (χ1v) is 6.38. The number of phenolic OH excluding ortho intramolecular Hbond substituents is 2. The van der Waals surface area contributed by atoms with Crippen LogP contribution in [0.1, 0.15) is 23.7 Å². The number of likely N-dealkylation sites (N-methyl/N-ethyl adjacent to an activating group) is 1. The molecule has 0 saturated carbocycles. The van der Waals surface area contributed by atoms with Crippen molar-refractivity contribution in [3.05, 3.63) is 23.8 Å². The topological polar surface area (TPSA) is 81.1 Å². The molecule has 0 heterocycles. The van der Waals surface area contributed by atoms with Gasteiger partial charge in [0.1, 0.15) is 23.6 Å². The molecular weight excluding hydrogens is 260 g/mol. The van der Waals surface area contributed by atoms with Crippen LogP contribution in [-0.2, 0) is 4.79 Å². The number of rotatable bonds is 5. The highest BCUT2D eigenvalue weighted by atomic mass is 16.3. The monoisotopic (exact) mass is 280 g/mol. The number of aromatic hydroxyl groups is 2. The van der Waals surface area contributed by atoms with Crippen molar-refractivity contribution in [1.82, 2.24) is 9.80 Å². The first-order chi connectivity index (χ1) is 9.38. The van der Waals surface area contributed by atoms with Gasteiger partial charge in [-0.3, -0.25) is 9.59 Å². The van der Waals surface area contributed by atoms with Crippen LogP contribution < -0.4 is 0 Å². The van der Waals surface area contributed by atoms with Gasteiger partial charge in [0.2, 0.25) is 5.91 Å². The van der Waals surface area contributed by atoms with Crippen molar-refractivity contribution >= 4 is 11.8 Å². The number of amides is 2. The maximum absolute atomic E-state index is 12.4. The zero-order valence-electron chi connectivity index (χ0n) is 12.0. The Balaban J connectivity index is 3.02. The van der Waals surface area contributed by atoms with Gasteiger partial charge in [-0.05, 0) is 18.6 Å². The van der Waals surface area contributed by atoms with Gasteiger partial charge >= 0.3 is 0 Å². The number of hydrogen-bond acceptors (Lipinski definition) is 4. The molecule has 0 aromatic heterocycles. The van der Waals surface area contributed by atoms with Crippen molar-refractivity contribution in [3.8, 4) is 11.5 Å². The molecule has 0 radical (unpaired) electrons. The summed E-state index contributed by atoms with van der Waals surface area (Å²) in [6.07, 6.45) is 0.667. The van der Waals surface area contributed by atoms with E-state index in [1.54, 1.807) is 14.1 Å². The third kappa shape index (κ3) is 3.63. The van der Waals surface area contributed by atoms with E-state index in [1.807, 2.05) is 6.92 Å². The fraction of sp³-hybridized carbons (Fsp3) is 0.429. The second-order valence-electron chi connectivity index (χ2n) is 4.69. The Kier molecular flexibility index (Phi) is 5.37. The second kappa shape index (κ2) is 6.79. The summed E-state index contributed by atoms with van der Waals surface area (Å²) < 4.78 is 0. The first kappa shape index (κ1) is 15.8. The first-order valence-electron chi connectivity index (χ1n) is 6.38. The van der Waals surface area contributed by atoms with Gasteiger partial charge < -0.3 is 20.0 Å². The third-order valence-corrected chi connectivity index (χ3v) is 2.84. The Hall–Kier alpha value is -2.24. The van der Waals surface area contributed by atoms with Gasteiger partial charge in [0, 0.05) is 20.6 Å². The zero-order valence-corrected chi connectivity index (χ0v) is 12.0. The Labute approximate surface area is 118 Å². The standard InChI is InChI=1S/C14H20N2O4/c1-4-8-16(9-12(19)15(2)3)14(20)13-10(17)6-5-7-11(13)18/h5-7,17-18H,4,8-9H2,1-3H3. The van der Waals surface area contributed by atoms with E-state index >= 15 is 0 Å². The number of hydrogen-bond donors (Lipinski definition) is 2. The van der Waals surface area contributed by atoms with Gasteiger partial charge in [-0.1, -0.05) is 13.0 Å². The van der Waals surface area contributed by atoms with Crippen LogP contribution in [0.3, 0.4) is 0 Å². The lowest BCUT2D eigenvalue weighted by Crippen LogP contribution is -2.40. The van der Waals surface area contributed by atoms with E-state index in [2.05, 4.69) is 0 Å². The van der Waals surface area contributed by atoms with Crippen LogP contribution in [0.2, 0.25) is 0 Å². The maximum Gasteiger partial charge on any atom is 0.261 e. The summed E-state index contributed by atoms with van der Waals surface area (Å²) in [6.45, 7) is 2.16. The van der Waals surface area contributed by atoms with Crippen molar-refractivity contribution in [2.24, 2.45) is 0 Å². The normalized spacial score (nSPS) is 10.2. The summed E-state index contributed by atoms with van der Waals surface area (Å²) in [6, 6.07) is 4.09. The van der Waals surface area contributed by atoms with Gasteiger partial charge in [0.15, 0.2) is 0 Å². The van der Waals surface area contributed by atoms with E-state index in [0.717, 1.165) is 0 Å². The SMILES string of the molecule is CCCN(CC(=O)N(C)C)C(=O)c1c(O)cccc1O. The Morgan fingerprint density at radius 2 is 1.70 bits per heavy atom. The molecule has 0 spiro atoms.